The summed E-state index contributed by atoms with van der Waals surface area (Å²) in [6, 6.07) is 24.0. The Kier molecular flexibility index (Phi) is 6.67. The molecule has 0 bridgehead atoms. The summed E-state index contributed by atoms with van der Waals surface area (Å²) in [7, 11) is 0. The van der Waals surface area contributed by atoms with Crippen LogP contribution in [0.25, 0.3) is 22.4 Å². The predicted octanol–water partition coefficient (Wildman–Crippen LogP) is 5.34. The molecule has 1 amide bonds. The van der Waals surface area contributed by atoms with Gasteiger partial charge in [-0.3, -0.25) is 14.9 Å². The number of benzene rings is 3. The van der Waals surface area contributed by atoms with Gasteiger partial charge in [0.2, 0.25) is 0 Å². The highest BCUT2D eigenvalue weighted by molar-refractivity contribution is 7.14. The number of hydrogen-bond acceptors (Lipinski definition) is 5. The van der Waals surface area contributed by atoms with Crippen molar-refractivity contribution in [3.8, 4) is 22.4 Å². The average molecular weight is 447 g/mol. The molecule has 0 aliphatic rings. The van der Waals surface area contributed by atoms with Gasteiger partial charge in [0.1, 0.15) is 5.82 Å². The molecule has 3 aromatic carbocycles. The lowest BCUT2D eigenvalue weighted by molar-refractivity contribution is -0.146. The number of hydrogen-bond donors (Lipinski definition) is 1. The van der Waals surface area contributed by atoms with Crippen molar-refractivity contribution in [2.45, 2.75) is 6.42 Å². The molecule has 4 rings (SSSR count). The van der Waals surface area contributed by atoms with E-state index < -0.39 is 24.3 Å². The molecule has 4 aromatic rings. The minimum Gasteiger partial charge on any atom is -0.455 e. The third-order valence-electron chi connectivity index (χ3n) is 4.70. The largest absolute Gasteiger partial charge is 0.455 e. The normalized spacial score (nSPS) is 10.5. The van der Waals surface area contributed by atoms with Gasteiger partial charge >= 0.3 is 5.97 Å². The van der Waals surface area contributed by atoms with Gasteiger partial charge in [-0.15, -0.1) is 11.3 Å². The molecule has 0 unspecified atom stereocenters. The van der Waals surface area contributed by atoms with Crippen LogP contribution in [0.2, 0.25) is 0 Å². The van der Waals surface area contributed by atoms with Crippen LogP contribution < -0.4 is 5.32 Å². The smallest absolute Gasteiger partial charge is 0.310 e. The Balaban J connectivity index is 1.30. The molecule has 7 heteroatoms. The number of nitrogens with zero attached hydrogens (tertiary/aromatic N) is 1. The van der Waals surface area contributed by atoms with Crippen molar-refractivity contribution in [1.82, 2.24) is 4.98 Å². The van der Waals surface area contributed by atoms with Crippen molar-refractivity contribution in [1.29, 1.82) is 0 Å². The molecule has 0 aliphatic heterocycles. The summed E-state index contributed by atoms with van der Waals surface area (Å²) in [5, 5.41) is 4.87. The van der Waals surface area contributed by atoms with E-state index in [1.54, 1.807) is 6.07 Å². The number of carbonyl (C=O) groups is 2. The molecule has 0 spiro atoms. The molecule has 160 valence electrons. The first-order chi connectivity index (χ1) is 15.6. The van der Waals surface area contributed by atoms with Crippen LogP contribution >= 0.6 is 11.3 Å². The quantitative estimate of drug-likeness (QED) is 0.389. The van der Waals surface area contributed by atoms with Crippen LogP contribution in [0.4, 0.5) is 9.52 Å². The topological polar surface area (TPSA) is 68.3 Å². The lowest BCUT2D eigenvalue weighted by Crippen LogP contribution is -2.21. The van der Waals surface area contributed by atoms with E-state index in [-0.39, 0.29) is 12.0 Å². The van der Waals surface area contributed by atoms with Crippen LogP contribution in [-0.2, 0) is 20.7 Å². The molecule has 1 aromatic heterocycles. The zero-order chi connectivity index (χ0) is 22.3. The number of esters is 1. The van der Waals surface area contributed by atoms with E-state index in [0.717, 1.165) is 22.4 Å². The Labute approximate surface area is 188 Å². The minimum atomic E-state index is -0.677. The van der Waals surface area contributed by atoms with Crippen LogP contribution in [-0.4, -0.2) is 23.5 Å². The SMILES string of the molecule is O=C(COC(=O)Cc1ccccc1F)Nc1nc(-c2ccc(-c3ccccc3)cc2)cs1. The zero-order valence-electron chi connectivity index (χ0n) is 17.0. The third-order valence-corrected chi connectivity index (χ3v) is 5.45. The van der Waals surface area contributed by atoms with Gasteiger partial charge in [-0.25, -0.2) is 9.37 Å². The Morgan fingerprint density at radius 3 is 2.28 bits per heavy atom. The van der Waals surface area contributed by atoms with E-state index in [4.69, 9.17) is 4.74 Å². The maximum Gasteiger partial charge on any atom is 0.310 e. The molecule has 0 aliphatic carbocycles. The molecule has 5 nitrogen and oxygen atoms in total. The second-order valence-electron chi connectivity index (χ2n) is 6.96. The molecule has 32 heavy (non-hydrogen) atoms. The number of ether oxygens (including phenoxy) is 1. The van der Waals surface area contributed by atoms with Gasteiger partial charge in [-0.2, -0.15) is 0 Å². The van der Waals surface area contributed by atoms with Crippen molar-refractivity contribution in [2.24, 2.45) is 0 Å². The molecular formula is C25H19FN2O3S. The van der Waals surface area contributed by atoms with E-state index >= 15 is 0 Å². The second-order valence-corrected chi connectivity index (χ2v) is 7.82. The highest BCUT2D eigenvalue weighted by Gasteiger charge is 2.13. The van der Waals surface area contributed by atoms with E-state index in [0.29, 0.717) is 5.13 Å². The number of amides is 1. The summed E-state index contributed by atoms with van der Waals surface area (Å²) in [6.07, 6.45) is -0.236. The van der Waals surface area contributed by atoms with Crippen LogP contribution in [0.5, 0.6) is 0 Å². The molecule has 0 fully saturated rings. The van der Waals surface area contributed by atoms with Crippen LogP contribution in [0.15, 0.2) is 84.2 Å². The number of anilines is 1. The Hall–Kier alpha value is -3.84. The Bertz CT molecular complexity index is 1220. The first kappa shape index (κ1) is 21.4. The van der Waals surface area contributed by atoms with Crippen LogP contribution in [0.1, 0.15) is 5.56 Å². The molecule has 1 N–H and O–H groups in total. The Morgan fingerprint density at radius 2 is 1.53 bits per heavy atom. The van der Waals surface area contributed by atoms with Crippen LogP contribution in [0, 0.1) is 5.82 Å². The summed E-state index contributed by atoms with van der Waals surface area (Å²) in [6.45, 7) is -0.464. The maximum atomic E-state index is 13.6. The molecular weight excluding hydrogens is 427 g/mol. The lowest BCUT2D eigenvalue weighted by Gasteiger charge is -2.05. The molecule has 0 atom stereocenters. The van der Waals surface area contributed by atoms with E-state index in [2.05, 4.69) is 22.4 Å². The standard InChI is InChI=1S/C25H19FN2O3S/c26-21-9-5-4-8-20(21)14-24(30)31-15-23(29)28-25-27-22(16-32-25)19-12-10-18(11-13-19)17-6-2-1-3-7-17/h1-13,16H,14-15H2,(H,27,28,29). The number of carbonyl (C=O) groups excluding carboxylic acids is 2. The number of aromatic nitrogens is 1. The number of rotatable bonds is 7. The monoisotopic (exact) mass is 446 g/mol. The summed E-state index contributed by atoms with van der Waals surface area (Å²) >= 11 is 1.28. The van der Waals surface area contributed by atoms with Crippen LogP contribution in [0.3, 0.4) is 0 Å². The summed E-state index contributed by atoms with van der Waals surface area (Å²) in [5.41, 5.74) is 4.13. The van der Waals surface area contributed by atoms with Crippen molar-refractivity contribution >= 4 is 28.3 Å². The van der Waals surface area contributed by atoms with E-state index in [1.165, 1.54) is 29.5 Å². The van der Waals surface area contributed by atoms with Gasteiger partial charge in [0.25, 0.3) is 5.91 Å². The van der Waals surface area contributed by atoms with E-state index in [9.17, 15) is 14.0 Å². The highest BCUT2D eigenvalue weighted by Crippen LogP contribution is 2.27. The van der Waals surface area contributed by atoms with E-state index in [1.807, 2.05) is 47.8 Å². The van der Waals surface area contributed by atoms with Crippen molar-refractivity contribution in [2.75, 3.05) is 11.9 Å². The number of thiazole rings is 1. The summed E-state index contributed by atoms with van der Waals surface area (Å²) in [5.74, 6) is -1.67. The Morgan fingerprint density at radius 1 is 0.875 bits per heavy atom. The zero-order valence-corrected chi connectivity index (χ0v) is 17.8. The molecule has 0 radical (unpaired) electrons. The van der Waals surface area contributed by atoms with Gasteiger partial charge in [0.05, 0.1) is 12.1 Å². The van der Waals surface area contributed by atoms with Crippen molar-refractivity contribution in [3.05, 3.63) is 95.6 Å². The predicted molar refractivity (Wildman–Crippen MR) is 123 cm³/mol. The van der Waals surface area contributed by atoms with Gasteiger partial charge < -0.3 is 4.74 Å². The first-order valence-corrected chi connectivity index (χ1v) is 10.8. The third kappa shape index (κ3) is 5.44. The molecule has 0 saturated carbocycles. The maximum absolute atomic E-state index is 13.6. The fraction of sp³-hybridized carbons (Fsp3) is 0.0800. The number of halogens is 1. The second kappa shape index (κ2) is 9.98. The lowest BCUT2D eigenvalue weighted by atomic mass is 10.0. The molecule has 1 heterocycles. The van der Waals surface area contributed by atoms with Gasteiger partial charge in [-0.05, 0) is 22.8 Å². The first-order valence-electron chi connectivity index (χ1n) is 9.89. The summed E-state index contributed by atoms with van der Waals surface area (Å²) in [4.78, 5) is 28.4. The van der Waals surface area contributed by atoms with Crippen molar-refractivity contribution < 1.29 is 18.7 Å². The minimum absolute atomic E-state index is 0.223. The highest BCUT2D eigenvalue weighted by atomic mass is 32.1. The van der Waals surface area contributed by atoms with Gasteiger partial charge in [0.15, 0.2) is 11.7 Å². The van der Waals surface area contributed by atoms with Gasteiger partial charge in [-0.1, -0.05) is 72.8 Å². The average Bonchev–Trinajstić information content (AvgIpc) is 3.28. The molecule has 0 saturated heterocycles. The van der Waals surface area contributed by atoms with Crippen molar-refractivity contribution in [3.63, 3.8) is 0 Å². The fourth-order valence-corrected chi connectivity index (χ4v) is 3.81. The fourth-order valence-electron chi connectivity index (χ4n) is 3.08. The summed E-state index contributed by atoms with van der Waals surface area (Å²) < 4.78 is 18.5. The van der Waals surface area contributed by atoms with Gasteiger partial charge in [0, 0.05) is 10.9 Å². The number of nitrogens with one attached hydrogen (secondary N) is 1.